The number of rotatable bonds is 2. The third-order valence-corrected chi connectivity index (χ3v) is 2.55. The SMILES string of the molecule is C=S(C)(=O)Cc1coc(C(C)(C)C)n1. The summed E-state index contributed by atoms with van der Waals surface area (Å²) in [7, 11) is -2.03. The van der Waals surface area contributed by atoms with Crippen molar-refractivity contribution in [3.05, 3.63) is 17.8 Å². The van der Waals surface area contributed by atoms with Crippen LogP contribution in [0.15, 0.2) is 10.7 Å². The standard InChI is InChI=1S/C10H17NO2S/c1-10(2,3)9-11-8(6-13-9)7-14(4,5)12/h6H,4,7H2,1-3,5H3. The molecule has 0 amide bonds. The van der Waals surface area contributed by atoms with Crippen molar-refractivity contribution in [1.29, 1.82) is 0 Å². The molecule has 0 aliphatic heterocycles. The summed E-state index contributed by atoms with van der Waals surface area (Å²) in [4.78, 5) is 4.28. The van der Waals surface area contributed by atoms with Crippen LogP contribution in [-0.2, 0) is 20.7 Å². The highest BCUT2D eigenvalue weighted by Crippen LogP contribution is 2.21. The van der Waals surface area contributed by atoms with Crippen molar-refractivity contribution < 1.29 is 8.63 Å². The van der Waals surface area contributed by atoms with Crippen LogP contribution >= 0.6 is 0 Å². The van der Waals surface area contributed by atoms with Crippen molar-refractivity contribution in [3.63, 3.8) is 0 Å². The fraction of sp³-hybridized carbons (Fsp3) is 0.600. The predicted octanol–water partition coefficient (Wildman–Crippen LogP) is 1.82. The summed E-state index contributed by atoms with van der Waals surface area (Å²) < 4.78 is 16.7. The second-order valence-corrected chi connectivity index (χ2v) is 7.38. The van der Waals surface area contributed by atoms with E-state index in [-0.39, 0.29) is 5.41 Å². The van der Waals surface area contributed by atoms with E-state index in [0.29, 0.717) is 11.6 Å². The summed E-state index contributed by atoms with van der Waals surface area (Å²) in [5.74, 6) is 4.64. The van der Waals surface area contributed by atoms with E-state index in [1.165, 1.54) is 0 Å². The van der Waals surface area contributed by atoms with Gasteiger partial charge in [0.15, 0.2) is 5.89 Å². The number of oxazole rings is 1. The smallest absolute Gasteiger partial charge is 0.199 e. The molecule has 1 aromatic rings. The van der Waals surface area contributed by atoms with Gasteiger partial charge in [0.2, 0.25) is 0 Å². The number of hydrogen-bond donors (Lipinski definition) is 0. The molecule has 14 heavy (non-hydrogen) atoms. The first-order chi connectivity index (χ1) is 6.18. The zero-order valence-electron chi connectivity index (χ0n) is 9.16. The summed E-state index contributed by atoms with van der Waals surface area (Å²) in [5, 5.41) is 0. The van der Waals surface area contributed by atoms with Crippen LogP contribution in [0.4, 0.5) is 0 Å². The second kappa shape index (κ2) is 3.42. The van der Waals surface area contributed by atoms with Crippen LogP contribution in [0.5, 0.6) is 0 Å². The fourth-order valence-corrected chi connectivity index (χ4v) is 1.79. The zero-order valence-corrected chi connectivity index (χ0v) is 9.98. The summed E-state index contributed by atoms with van der Waals surface area (Å²) in [6, 6.07) is 0. The molecular formula is C10H17NO2S. The molecule has 0 aliphatic rings. The van der Waals surface area contributed by atoms with Crippen LogP contribution in [0.25, 0.3) is 0 Å². The van der Waals surface area contributed by atoms with Gasteiger partial charge in [-0.1, -0.05) is 20.8 Å². The zero-order chi connectivity index (χ0) is 11.0. The van der Waals surface area contributed by atoms with E-state index in [4.69, 9.17) is 4.42 Å². The Morgan fingerprint density at radius 2 is 2.14 bits per heavy atom. The van der Waals surface area contributed by atoms with Crippen LogP contribution in [0.1, 0.15) is 32.4 Å². The number of hydrogen-bond acceptors (Lipinski definition) is 3. The predicted molar refractivity (Wildman–Crippen MR) is 60.1 cm³/mol. The van der Waals surface area contributed by atoms with Gasteiger partial charge in [0.25, 0.3) is 0 Å². The van der Waals surface area contributed by atoms with Crippen LogP contribution in [0.2, 0.25) is 0 Å². The summed E-state index contributed by atoms with van der Waals surface area (Å²) in [6.45, 7) is 6.07. The third-order valence-electron chi connectivity index (χ3n) is 1.65. The average Bonchev–Trinajstić information content (AvgIpc) is 2.29. The van der Waals surface area contributed by atoms with Gasteiger partial charge >= 0.3 is 0 Å². The Kier molecular flexibility index (Phi) is 2.76. The molecule has 0 saturated heterocycles. The molecule has 0 N–H and O–H groups in total. The summed E-state index contributed by atoms with van der Waals surface area (Å²) in [5.41, 5.74) is 0.617. The van der Waals surface area contributed by atoms with E-state index >= 15 is 0 Å². The molecule has 1 rings (SSSR count). The maximum absolute atomic E-state index is 11.4. The van der Waals surface area contributed by atoms with Gasteiger partial charge in [-0.3, -0.25) is 4.21 Å². The van der Waals surface area contributed by atoms with Crippen LogP contribution < -0.4 is 0 Å². The monoisotopic (exact) mass is 215 g/mol. The van der Waals surface area contributed by atoms with Gasteiger partial charge in [-0.25, -0.2) is 4.98 Å². The maximum atomic E-state index is 11.4. The highest BCUT2D eigenvalue weighted by atomic mass is 32.2. The minimum atomic E-state index is -2.03. The van der Waals surface area contributed by atoms with Gasteiger partial charge in [-0.15, -0.1) is 0 Å². The van der Waals surface area contributed by atoms with E-state index < -0.39 is 9.52 Å². The third kappa shape index (κ3) is 3.18. The van der Waals surface area contributed by atoms with Gasteiger partial charge in [-0.2, -0.15) is 0 Å². The molecular weight excluding hydrogens is 198 g/mol. The van der Waals surface area contributed by atoms with Gasteiger partial charge in [0.05, 0.1) is 11.4 Å². The Hall–Kier alpha value is -0.770. The average molecular weight is 215 g/mol. The Morgan fingerprint density at radius 3 is 2.50 bits per heavy atom. The molecule has 0 aromatic carbocycles. The summed E-state index contributed by atoms with van der Waals surface area (Å²) >= 11 is 0. The van der Waals surface area contributed by atoms with Gasteiger partial charge in [-0.05, 0) is 15.4 Å². The molecule has 0 bridgehead atoms. The van der Waals surface area contributed by atoms with E-state index in [1.807, 2.05) is 20.8 Å². The quantitative estimate of drug-likeness (QED) is 0.707. The van der Waals surface area contributed by atoms with Crippen LogP contribution in [-0.4, -0.2) is 21.3 Å². The summed E-state index contributed by atoms with van der Waals surface area (Å²) in [6.07, 6.45) is 3.19. The van der Waals surface area contributed by atoms with Gasteiger partial charge in [0, 0.05) is 11.7 Å². The number of nitrogens with zero attached hydrogens (tertiary/aromatic N) is 1. The molecule has 0 saturated carbocycles. The molecule has 1 aromatic heterocycles. The molecule has 1 unspecified atom stereocenters. The van der Waals surface area contributed by atoms with Crippen molar-refractivity contribution in [3.8, 4) is 0 Å². The molecule has 1 atom stereocenters. The van der Waals surface area contributed by atoms with Crippen molar-refractivity contribution in [2.75, 3.05) is 6.26 Å². The highest BCUT2D eigenvalue weighted by molar-refractivity contribution is 7.98. The second-order valence-electron chi connectivity index (χ2n) is 4.72. The van der Waals surface area contributed by atoms with E-state index in [9.17, 15) is 4.21 Å². The van der Waals surface area contributed by atoms with Crippen molar-refractivity contribution in [2.45, 2.75) is 31.9 Å². The van der Waals surface area contributed by atoms with Gasteiger partial charge < -0.3 is 4.42 Å². The fourth-order valence-electron chi connectivity index (χ4n) is 1.03. The normalized spacial score (nSPS) is 16.6. The van der Waals surface area contributed by atoms with Crippen LogP contribution in [0, 0.1) is 0 Å². The molecule has 3 nitrogen and oxygen atoms in total. The molecule has 0 radical (unpaired) electrons. The highest BCUT2D eigenvalue weighted by Gasteiger charge is 2.20. The minimum Gasteiger partial charge on any atom is -0.448 e. The van der Waals surface area contributed by atoms with E-state index in [2.05, 4.69) is 10.9 Å². The van der Waals surface area contributed by atoms with E-state index in [0.717, 1.165) is 5.69 Å². The van der Waals surface area contributed by atoms with E-state index in [1.54, 1.807) is 12.5 Å². The Balaban J connectivity index is 2.90. The lowest BCUT2D eigenvalue weighted by molar-refractivity contribution is 0.392. The Bertz CT molecular complexity index is 410. The first kappa shape index (κ1) is 11.3. The first-order valence-corrected chi connectivity index (χ1v) is 6.74. The topological polar surface area (TPSA) is 43.1 Å². The molecule has 1 heterocycles. The Labute approximate surface area is 85.5 Å². The molecule has 80 valence electrons. The molecule has 0 aliphatic carbocycles. The number of aromatic nitrogens is 1. The lowest BCUT2D eigenvalue weighted by atomic mass is 9.97. The Morgan fingerprint density at radius 1 is 1.57 bits per heavy atom. The lowest BCUT2D eigenvalue weighted by Crippen LogP contribution is -2.12. The molecule has 0 spiro atoms. The van der Waals surface area contributed by atoms with Crippen molar-refractivity contribution >= 4 is 15.4 Å². The first-order valence-electron chi connectivity index (χ1n) is 4.43. The maximum Gasteiger partial charge on any atom is 0.199 e. The lowest BCUT2D eigenvalue weighted by Gasteiger charge is -2.11. The largest absolute Gasteiger partial charge is 0.448 e. The minimum absolute atomic E-state index is 0.103. The van der Waals surface area contributed by atoms with Gasteiger partial charge in [0.1, 0.15) is 6.26 Å². The van der Waals surface area contributed by atoms with Crippen molar-refractivity contribution in [1.82, 2.24) is 4.98 Å². The molecule has 0 fully saturated rings. The molecule has 4 heteroatoms. The van der Waals surface area contributed by atoms with Crippen LogP contribution in [0.3, 0.4) is 0 Å². The van der Waals surface area contributed by atoms with Crippen molar-refractivity contribution in [2.24, 2.45) is 0 Å².